The molecule has 6 nitrogen and oxygen atoms in total. The molecule has 90 valence electrons. The third kappa shape index (κ3) is 1.74. The van der Waals surface area contributed by atoms with Crippen molar-refractivity contribution in [1.29, 1.82) is 0 Å². The first-order chi connectivity index (χ1) is 8.25. The minimum atomic E-state index is 0.0190. The number of ether oxygens (including phenoxy) is 1. The number of nitrogen functional groups attached to an aromatic ring is 1. The monoisotopic (exact) mass is 233 g/mol. The first kappa shape index (κ1) is 10.5. The summed E-state index contributed by atoms with van der Waals surface area (Å²) in [4.78, 5) is 12.4. The Bertz CT molecular complexity index is 530. The molecule has 1 fully saturated rings. The van der Waals surface area contributed by atoms with E-state index in [9.17, 15) is 0 Å². The number of fused-ring (bicyclic) bond motifs is 1. The van der Waals surface area contributed by atoms with E-state index in [1.54, 1.807) is 6.33 Å². The highest BCUT2D eigenvalue weighted by Crippen LogP contribution is 2.28. The van der Waals surface area contributed by atoms with E-state index < -0.39 is 0 Å². The van der Waals surface area contributed by atoms with Gasteiger partial charge in [0.2, 0.25) is 0 Å². The summed E-state index contributed by atoms with van der Waals surface area (Å²) in [5.41, 5.74) is 7.15. The molecule has 2 unspecified atom stereocenters. The molecule has 2 atom stereocenters. The number of nitrogens with two attached hydrogens (primary N) is 1. The Morgan fingerprint density at radius 3 is 3.00 bits per heavy atom. The van der Waals surface area contributed by atoms with Crippen LogP contribution in [-0.2, 0) is 4.74 Å². The summed E-state index contributed by atoms with van der Waals surface area (Å²) < 4.78 is 7.75. The van der Waals surface area contributed by atoms with E-state index in [2.05, 4.69) is 21.9 Å². The van der Waals surface area contributed by atoms with Crippen molar-refractivity contribution in [3.63, 3.8) is 0 Å². The van der Waals surface area contributed by atoms with Crippen LogP contribution in [0, 0.1) is 5.92 Å². The van der Waals surface area contributed by atoms with E-state index >= 15 is 0 Å². The number of nitrogens with zero attached hydrogens (tertiary/aromatic N) is 4. The molecule has 17 heavy (non-hydrogen) atoms. The number of imidazole rings is 1. The lowest BCUT2D eigenvalue weighted by molar-refractivity contribution is -0.0527. The van der Waals surface area contributed by atoms with E-state index in [1.165, 1.54) is 6.33 Å². The molecule has 0 aromatic carbocycles. The summed E-state index contributed by atoms with van der Waals surface area (Å²) >= 11 is 0. The highest BCUT2D eigenvalue weighted by molar-refractivity contribution is 5.81. The van der Waals surface area contributed by atoms with Crippen molar-refractivity contribution in [2.75, 3.05) is 12.3 Å². The largest absolute Gasteiger partial charge is 0.382 e. The second-order valence-electron chi connectivity index (χ2n) is 4.55. The molecule has 2 aromatic heterocycles. The van der Waals surface area contributed by atoms with Crippen molar-refractivity contribution in [2.45, 2.75) is 26.0 Å². The van der Waals surface area contributed by atoms with Gasteiger partial charge in [-0.3, -0.25) is 4.57 Å². The maximum Gasteiger partial charge on any atom is 0.167 e. The van der Waals surface area contributed by atoms with Gasteiger partial charge >= 0.3 is 0 Å². The zero-order valence-corrected chi connectivity index (χ0v) is 9.71. The fourth-order valence-electron chi connectivity index (χ4n) is 2.17. The highest BCUT2D eigenvalue weighted by atomic mass is 16.5. The van der Waals surface area contributed by atoms with Crippen molar-refractivity contribution >= 4 is 17.0 Å². The van der Waals surface area contributed by atoms with E-state index in [0.717, 1.165) is 25.1 Å². The Hall–Kier alpha value is -1.69. The Kier molecular flexibility index (Phi) is 2.44. The molecule has 0 radical (unpaired) electrons. The number of hydrogen-bond acceptors (Lipinski definition) is 5. The summed E-state index contributed by atoms with van der Waals surface area (Å²) in [6.07, 6.45) is 5.35. The molecule has 6 heteroatoms. The first-order valence-electron chi connectivity index (χ1n) is 5.80. The van der Waals surface area contributed by atoms with Crippen molar-refractivity contribution in [1.82, 2.24) is 19.5 Å². The molecule has 1 aliphatic rings. The third-order valence-electron chi connectivity index (χ3n) is 3.18. The Morgan fingerprint density at radius 2 is 2.24 bits per heavy atom. The number of aromatic nitrogens is 4. The lowest BCUT2D eigenvalue weighted by atomic mass is 10.0. The van der Waals surface area contributed by atoms with Gasteiger partial charge in [0.25, 0.3) is 0 Å². The molecule has 0 saturated carbocycles. The van der Waals surface area contributed by atoms with E-state index in [4.69, 9.17) is 10.5 Å². The van der Waals surface area contributed by atoms with Crippen LogP contribution in [0.25, 0.3) is 11.2 Å². The smallest absolute Gasteiger partial charge is 0.167 e. The van der Waals surface area contributed by atoms with Gasteiger partial charge in [-0.2, -0.15) is 0 Å². The molecular formula is C11H15N5O. The summed E-state index contributed by atoms with van der Waals surface area (Å²) in [6.45, 7) is 2.98. The lowest BCUT2D eigenvalue weighted by Crippen LogP contribution is -2.22. The van der Waals surface area contributed by atoms with Crippen LogP contribution in [-0.4, -0.2) is 26.1 Å². The van der Waals surface area contributed by atoms with Crippen LogP contribution < -0.4 is 5.73 Å². The minimum absolute atomic E-state index is 0.0190. The van der Waals surface area contributed by atoms with Gasteiger partial charge < -0.3 is 10.5 Å². The topological polar surface area (TPSA) is 78.9 Å². The van der Waals surface area contributed by atoms with Crippen LogP contribution in [0.4, 0.5) is 5.82 Å². The first-order valence-corrected chi connectivity index (χ1v) is 5.80. The normalized spacial score (nSPS) is 25.2. The average molecular weight is 233 g/mol. The molecule has 1 aliphatic heterocycles. The number of rotatable bonds is 1. The van der Waals surface area contributed by atoms with Crippen molar-refractivity contribution in [3.8, 4) is 0 Å². The molecule has 0 spiro atoms. The van der Waals surface area contributed by atoms with E-state index in [0.29, 0.717) is 17.3 Å². The molecular weight excluding hydrogens is 218 g/mol. The Labute approximate surface area is 98.8 Å². The SMILES string of the molecule is CC1CCC(n2cnc3c(N)ncnc32)OC1. The molecule has 3 rings (SSSR count). The second kappa shape index (κ2) is 3.96. The van der Waals surface area contributed by atoms with Gasteiger partial charge in [-0.1, -0.05) is 6.92 Å². The molecule has 0 aliphatic carbocycles. The summed E-state index contributed by atoms with van der Waals surface area (Å²) in [5.74, 6) is 1.04. The number of hydrogen-bond donors (Lipinski definition) is 1. The van der Waals surface area contributed by atoms with Gasteiger partial charge in [-0.05, 0) is 18.8 Å². The van der Waals surface area contributed by atoms with Gasteiger partial charge in [0.05, 0.1) is 12.9 Å². The molecule has 2 N–H and O–H groups in total. The van der Waals surface area contributed by atoms with Gasteiger partial charge in [0.1, 0.15) is 18.1 Å². The standard InChI is InChI=1S/C11H15N5O/c1-7-2-3-8(17-4-7)16-6-15-9-10(12)13-5-14-11(9)16/h5-8H,2-4H2,1H3,(H2,12,13,14). The van der Waals surface area contributed by atoms with Crippen LogP contribution in [0.5, 0.6) is 0 Å². The molecule has 0 bridgehead atoms. The van der Waals surface area contributed by atoms with Gasteiger partial charge in [0, 0.05) is 0 Å². The molecule has 1 saturated heterocycles. The molecule has 0 amide bonds. The van der Waals surface area contributed by atoms with Crippen LogP contribution in [0.15, 0.2) is 12.7 Å². The Morgan fingerprint density at radius 1 is 1.35 bits per heavy atom. The average Bonchev–Trinajstić information content (AvgIpc) is 2.75. The quantitative estimate of drug-likeness (QED) is 0.804. The Balaban J connectivity index is 1.98. The molecule has 3 heterocycles. The van der Waals surface area contributed by atoms with Gasteiger partial charge in [-0.25, -0.2) is 15.0 Å². The van der Waals surface area contributed by atoms with Gasteiger partial charge in [0.15, 0.2) is 11.5 Å². The fourth-order valence-corrected chi connectivity index (χ4v) is 2.17. The summed E-state index contributed by atoms with van der Waals surface area (Å²) in [7, 11) is 0. The van der Waals surface area contributed by atoms with E-state index in [-0.39, 0.29) is 6.23 Å². The van der Waals surface area contributed by atoms with E-state index in [1.807, 2.05) is 4.57 Å². The summed E-state index contributed by atoms with van der Waals surface area (Å²) in [6, 6.07) is 0. The second-order valence-corrected chi connectivity index (χ2v) is 4.55. The minimum Gasteiger partial charge on any atom is -0.382 e. The fraction of sp³-hybridized carbons (Fsp3) is 0.545. The summed E-state index contributed by atoms with van der Waals surface area (Å²) in [5, 5.41) is 0. The lowest BCUT2D eigenvalue weighted by Gasteiger charge is -2.27. The van der Waals surface area contributed by atoms with Crippen LogP contribution in [0.2, 0.25) is 0 Å². The third-order valence-corrected chi connectivity index (χ3v) is 3.18. The van der Waals surface area contributed by atoms with Crippen LogP contribution in [0.1, 0.15) is 26.0 Å². The maximum atomic E-state index is 5.80. The number of anilines is 1. The maximum absolute atomic E-state index is 5.80. The predicted octanol–water partition coefficient (Wildman–Crippen LogP) is 1.35. The van der Waals surface area contributed by atoms with Crippen molar-refractivity contribution < 1.29 is 4.74 Å². The molecule has 2 aromatic rings. The van der Waals surface area contributed by atoms with Crippen molar-refractivity contribution in [2.24, 2.45) is 5.92 Å². The van der Waals surface area contributed by atoms with Crippen molar-refractivity contribution in [3.05, 3.63) is 12.7 Å². The zero-order valence-electron chi connectivity index (χ0n) is 9.71. The predicted molar refractivity (Wildman–Crippen MR) is 63.1 cm³/mol. The highest BCUT2D eigenvalue weighted by Gasteiger charge is 2.22. The zero-order chi connectivity index (χ0) is 11.8. The van der Waals surface area contributed by atoms with Crippen LogP contribution >= 0.6 is 0 Å². The van der Waals surface area contributed by atoms with Crippen LogP contribution in [0.3, 0.4) is 0 Å². The van der Waals surface area contributed by atoms with Gasteiger partial charge in [-0.15, -0.1) is 0 Å².